The van der Waals surface area contributed by atoms with Crippen LogP contribution in [0.4, 0.5) is 8.78 Å². The number of ether oxygens (including phenoxy) is 1. The van der Waals surface area contributed by atoms with Crippen LogP contribution in [0.3, 0.4) is 0 Å². The second kappa shape index (κ2) is 5.00. The van der Waals surface area contributed by atoms with Crippen LogP contribution in [0.1, 0.15) is 17.3 Å². The molecule has 0 aliphatic heterocycles. The van der Waals surface area contributed by atoms with E-state index in [0.717, 1.165) is 6.07 Å². The Morgan fingerprint density at radius 2 is 2.17 bits per heavy atom. The fourth-order valence-electron chi connectivity index (χ4n) is 1.59. The van der Waals surface area contributed by atoms with Crippen LogP contribution in [0.2, 0.25) is 0 Å². The SMILES string of the molecule is CCOC(=O)c1c[nH]c(-c2cccc(F)c2F)c1. The third kappa shape index (κ3) is 2.25. The third-order valence-corrected chi connectivity index (χ3v) is 2.44. The summed E-state index contributed by atoms with van der Waals surface area (Å²) in [5, 5.41) is 0. The van der Waals surface area contributed by atoms with E-state index < -0.39 is 17.6 Å². The highest BCUT2D eigenvalue weighted by molar-refractivity contribution is 5.90. The molecule has 0 saturated heterocycles. The van der Waals surface area contributed by atoms with Crippen LogP contribution < -0.4 is 0 Å². The normalized spacial score (nSPS) is 10.4. The number of nitrogens with one attached hydrogen (secondary N) is 1. The Hall–Kier alpha value is -2.17. The zero-order chi connectivity index (χ0) is 13.1. The van der Waals surface area contributed by atoms with Crippen LogP contribution in [-0.2, 0) is 4.74 Å². The molecule has 0 aliphatic carbocycles. The predicted octanol–water partition coefficient (Wildman–Crippen LogP) is 3.14. The molecule has 0 fully saturated rings. The van der Waals surface area contributed by atoms with Crippen molar-refractivity contribution in [1.29, 1.82) is 0 Å². The quantitative estimate of drug-likeness (QED) is 0.851. The molecule has 2 aromatic rings. The van der Waals surface area contributed by atoms with E-state index in [9.17, 15) is 13.6 Å². The Balaban J connectivity index is 2.35. The van der Waals surface area contributed by atoms with Crippen molar-refractivity contribution in [3.05, 3.63) is 47.7 Å². The van der Waals surface area contributed by atoms with Gasteiger partial charge in [0.05, 0.1) is 12.2 Å². The molecular weight excluding hydrogens is 240 g/mol. The largest absolute Gasteiger partial charge is 0.462 e. The van der Waals surface area contributed by atoms with Gasteiger partial charge in [0, 0.05) is 17.5 Å². The summed E-state index contributed by atoms with van der Waals surface area (Å²) in [6.45, 7) is 1.95. The average molecular weight is 251 g/mol. The van der Waals surface area contributed by atoms with Gasteiger partial charge < -0.3 is 9.72 Å². The smallest absolute Gasteiger partial charge is 0.339 e. The number of hydrogen-bond acceptors (Lipinski definition) is 2. The van der Waals surface area contributed by atoms with Crippen molar-refractivity contribution in [1.82, 2.24) is 4.98 Å². The van der Waals surface area contributed by atoms with E-state index in [4.69, 9.17) is 4.74 Å². The Labute approximate surface area is 102 Å². The first kappa shape index (κ1) is 12.3. The van der Waals surface area contributed by atoms with E-state index >= 15 is 0 Å². The molecular formula is C13H11F2NO2. The van der Waals surface area contributed by atoms with Crippen LogP contribution in [0, 0.1) is 11.6 Å². The number of aromatic nitrogens is 1. The molecule has 0 spiro atoms. The van der Waals surface area contributed by atoms with Gasteiger partial charge in [-0.05, 0) is 25.1 Å². The van der Waals surface area contributed by atoms with Gasteiger partial charge in [0.25, 0.3) is 0 Å². The minimum Gasteiger partial charge on any atom is -0.462 e. The molecule has 0 amide bonds. The topological polar surface area (TPSA) is 42.1 Å². The molecule has 18 heavy (non-hydrogen) atoms. The minimum atomic E-state index is -0.949. The number of aromatic amines is 1. The van der Waals surface area contributed by atoms with E-state index in [1.807, 2.05) is 0 Å². The maximum Gasteiger partial charge on any atom is 0.339 e. The van der Waals surface area contributed by atoms with Crippen LogP contribution in [0.25, 0.3) is 11.3 Å². The number of H-pyrrole nitrogens is 1. The molecule has 0 aliphatic rings. The fourth-order valence-corrected chi connectivity index (χ4v) is 1.59. The average Bonchev–Trinajstić information content (AvgIpc) is 2.82. The monoisotopic (exact) mass is 251 g/mol. The first-order chi connectivity index (χ1) is 8.63. The first-order valence-electron chi connectivity index (χ1n) is 5.43. The highest BCUT2D eigenvalue weighted by Gasteiger charge is 2.14. The number of benzene rings is 1. The predicted molar refractivity (Wildman–Crippen MR) is 62.1 cm³/mol. The fraction of sp³-hybridized carbons (Fsp3) is 0.154. The first-order valence-corrected chi connectivity index (χ1v) is 5.43. The van der Waals surface area contributed by atoms with E-state index in [1.54, 1.807) is 6.92 Å². The summed E-state index contributed by atoms with van der Waals surface area (Å²) in [5.41, 5.74) is 0.677. The van der Waals surface area contributed by atoms with Gasteiger partial charge in [0.1, 0.15) is 0 Å². The van der Waals surface area contributed by atoms with Gasteiger partial charge >= 0.3 is 5.97 Å². The highest BCUT2D eigenvalue weighted by Crippen LogP contribution is 2.24. The third-order valence-electron chi connectivity index (χ3n) is 2.44. The molecule has 0 saturated carbocycles. The molecule has 0 unspecified atom stereocenters. The summed E-state index contributed by atoms with van der Waals surface area (Å²) in [6, 6.07) is 5.29. The van der Waals surface area contributed by atoms with Gasteiger partial charge in [-0.1, -0.05) is 6.07 Å². The second-order valence-electron chi connectivity index (χ2n) is 3.62. The summed E-state index contributed by atoms with van der Waals surface area (Å²) >= 11 is 0. The Morgan fingerprint density at radius 1 is 1.39 bits per heavy atom. The Kier molecular flexibility index (Phi) is 3.41. The molecule has 0 atom stereocenters. The minimum absolute atomic E-state index is 0.0746. The standard InChI is InChI=1S/C13H11F2NO2/c1-2-18-13(17)8-6-11(16-7-8)9-4-3-5-10(14)12(9)15/h3-7,16H,2H2,1H3. The zero-order valence-electron chi connectivity index (χ0n) is 9.67. The van der Waals surface area contributed by atoms with Gasteiger partial charge in [-0.15, -0.1) is 0 Å². The van der Waals surface area contributed by atoms with Crippen LogP contribution in [0.15, 0.2) is 30.5 Å². The van der Waals surface area contributed by atoms with Crippen molar-refractivity contribution in [3.8, 4) is 11.3 Å². The van der Waals surface area contributed by atoms with Crippen molar-refractivity contribution in [2.24, 2.45) is 0 Å². The molecule has 0 bridgehead atoms. The second-order valence-corrected chi connectivity index (χ2v) is 3.62. The van der Waals surface area contributed by atoms with Gasteiger partial charge in [-0.2, -0.15) is 0 Å². The molecule has 0 radical (unpaired) electrons. The van der Waals surface area contributed by atoms with Gasteiger partial charge in [-0.3, -0.25) is 0 Å². The van der Waals surface area contributed by atoms with Crippen molar-refractivity contribution in [2.45, 2.75) is 6.92 Å². The van der Waals surface area contributed by atoms with Crippen molar-refractivity contribution >= 4 is 5.97 Å². The highest BCUT2D eigenvalue weighted by atomic mass is 19.2. The molecule has 1 aromatic heterocycles. The molecule has 5 heteroatoms. The lowest BCUT2D eigenvalue weighted by atomic mass is 10.1. The van der Waals surface area contributed by atoms with Crippen molar-refractivity contribution < 1.29 is 18.3 Å². The molecule has 1 N–H and O–H groups in total. The molecule has 94 valence electrons. The summed E-state index contributed by atoms with van der Waals surface area (Å²) in [7, 11) is 0. The summed E-state index contributed by atoms with van der Waals surface area (Å²) < 4.78 is 31.4. The molecule has 2 rings (SSSR count). The van der Waals surface area contributed by atoms with E-state index in [2.05, 4.69) is 4.98 Å². The van der Waals surface area contributed by atoms with Crippen molar-refractivity contribution in [3.63, 3.8) is 0 Å². The lowest BCUT2D eigenvalue weighted by Gasteiger charge is -2.00. The van der Waals surface area contributed by atoms with E-state index in [0.29, 0.717) is 5.69 Å². The summed E-state index contributed by atoms with van der Waals surface area (Å²) in [4.78, 5) is 14.2. The molecule has 1 aromatic carbocycles. The summed E-state index contributed by atoms with van der Waals surface area (Å²) in [5.74, 6) is -2.38. The lowest BCUT2D eigenvalue weighted by Crippen LogP contribution is -2.02. The van der Waals surface area contributed by atoms with Gasteiger partial charge in [0.2, 0.25) is 0 Å². The van der Waals surface area contributed by atoms with Crippen molar-refractivity contribution in [2.75, 3.05) is 6.61 Å². The van der Waals surface area contributed by atoms with Crippen LogP contribution in [0.5, 0.6) is 0 Å². The maximum absolute atomic E-state index is 13.5. The zero-order valence-corrected chi connectivity index (χ0v) is 9.67. The number of carbonyl (C=O) groups excluding carboxylic acids is 1. The number of hydrogen-bond donors (Lipinski definition) is 1. The van der Waals surface area contributed by atoms with E-state index in [1.165, 1.54) is 24.4 Å². The number of rotatable bonds is 3. The lowest BCUT2D eigenvalue weighted by molar-refractivity contribution is 0.0526. The number of esters is 1. The van der Waals surface area contributed by atoms with Crippen LogP contribution >= 0.6 is 0 Å². The number of halogens is 2. The maximum atomic E-state index is 13.5. The molecule has 3 nitrogen and oxygen atoms in total. The molecule has 1 heterocycles. The Morgan fingerprint density at radius 3 is 2.89 bits per heavy atom. The van der Waals surface area contributed by atoms with E-state index in [-0.39, 0.29) is 17.7 Å². The van der Waals surface area contributed by atoms with Gasteiger partial charge in [0.15, 0.2) is 11.6 Å². The van der Waals surface area contributed by atoms with Gasteiger partial charge in [-0.25, -0.2) is 13.6 Å². The summed E-state index contributed by atoms with van der Waals surface area (Å²) in [6.07, 6.45) is 1.40. The Bertz CT molecular complexity index is 578. The number of carbonyl (C=O) groups is 1. The van der Waals surface area contributed by atoms with Crippen LogP contribution in [-0.4, -0.2) is 17.6 Å².